The highest BCUT2D eigenvalue weighted by molar-refractivity contribution is 6.30. The lowest BCUT2D eigenvalue weighted by molar-refractivity contribution is -0.138. The van der Waals surface area contributed by atoms with E-state index in [1.807, 2.05) is 42.5 Å². The van der Waals surface area contributed by atoms with E-state index >= 15 is 0 Å². The molecule has 2 atom stereocenters. The molecule has 51 heavy (non-hydrogen) atoms. The highest BCUT2D eigenvalue weighted by Gasteiger charge is 2.39. The summed E-state index contributed by atoms with van der Waals surface area (Å²) in [6.45, 7) is 9.87. The first-order valence-electron chi connectivity index (χ1n) is 16.9. The molecule has 0 fully saturated rings. The zero-order valence-corrected chi connectivity index (χ0v) is 31.7. The van der Waals surface area contributed by atoms with Crippen molar-refractivity contribution in [2.24, 2.45) is 5.41 Å². The van der Waals surface area contributed by atoms with Gasteiger partial charge in [-0.2, -0.15) is 0 Å². The van der Waals surface area contributed by atoms with Crippen molar-refractivity contribution < 1.29 is 18.7 Å². The number of benzene rings is 4. The molecule has 0 aliphatic carbocycles. The molecular formula is C40H48Cl3FN4O3. The molecule has 1 heterocycles. The molecule has 0 aromatic heterocycles. The predicted molar refractivity (Wildman–Crippen MR) is 208 cm³/mol. The van der Waals surface area contributed by atoms with Gasteiger partial charge in [0.05, 0.1) is 6.42 Å². The average molecular weight is 758 g/mol. The monoisotopic (exact) mass is 756 g/mol. The number of nitrogens with zero attached hydrogens (tertiary/aromatic N) is 1. The molecule has 5 rings (SSSR count). The van der Waals surface area contributed by atoms with E-state index in [1.54, 1.807) is 29.2 Å². The van der Waals surface area contributed by atoms with Crippen molar-refractivity contribution in [2.45, 2.75) is 65.5 Å². The molecular weight excluding hydrogens is 710 g/mol. The summed E-state index contributed by atoms with van der Waals surface area (Å²) in [5.74, 6) is -1.11. The molecule has 0 saturated heterocycles. The fourth-order valence-electron chi connectivity index (χ4n) is 5.94. The molecule has 0 saturated carbocycles. The third-order valence-electron chi connectivity index (χ3n) is 8.30. The van der Waals surface area contributed by atoms with Crippen LogP contribution in [0.1, 0.15) is 67.5 Å². The summed E-state index contributed by atoms with van der Waals surface area (Å²) in [6.07, 6.45) is -0.971. The topological polar surface area (TPSA) is 82.7 Å². The Balaban J connectivity index is 0.00000351. The Bertz CT molecular complexity index is 1720. The lowest BCUT2D eigenvalue weighted by atomic mass is 9.94. The second-order valence-corrected chi connectivity index (χ2v) is 14.1. The van der Waals surface area contributed by atoms with Crippen LogP contribution in [0.3, 0.4) is 0 Å². The number of hydrogen-bond acceptors (Lipinski definition) is 5. The second-order valence-electron chi connectivity index (χ2n) is 13.7. The SMILES string of the molecule is CC(C)(C)CN1C(=O)C(CC(=O)NCc2ccccc2F)OC(c2cccc(CNCCCNCc3ccccc3)c2)c2cc(Cl)ccc21.Cl.Cl. The van der Waals surface area contributed by atoms with Gasteiger partial charge in [-0.1, -0.05) is 105 Å². The number of fused-ring (bicyclic) bond motifs is 1. The normalized spacial score (nSPS) is 15.6. The fraction of sp³-hybridized carbons (Fsp3) is 0.350. The minimum absolute atomic E-state index is 0. The van der Waals surface area contributed by atoms with E-state index in [4.69, 9.17) is 16.3 Å². The number of carbonyl (C=O) groups excluding carboxylic acids is 2. The molecule has 274 valence electrons. The van der Waals surface area contributed by atoms with Crippen molar-refractivity contribution in [3.63, 3.8) is 0 Å². The van der Waals surface area contributed by atoms with E-state index in [2.05, 4.69) is 61.0 Å². The zero-order chi connectivity index (χ0) is 34.8. The van der Waals surface area contributed by atoms with E-state index in [9.17, 15) is 14.0 Å². The molecule has 1 aliphatic rings. The first-order valence-corrected chi connectivity index (χ1v) is 17.3. The molecule has 4 aromatic carbocycles. The van der Waals surface area contributed by atoms with Crippen molar-refractivity contribution in [3.05, 3.63) is 136 Å². The van der Waals surface area contributed by atoms with Gasteiger partial charge in [-0.15, -0.1) is 24.8 Å². The summed E-state index contributed by atoms with van der Waals surface area (Å²) in [7, 11) is 0. The average Bonchev–Trinajstić information content (AvgIpc) is 3.18. The molecule has 0 spiro atoms. The Hall–Kier alpha value is -3.50. The van der Waals surface area contributed by atoms with Gasteiger partial charge in [0.25, 0.3) is 5.91 Å². The van der Waals surface area contributed by atoms with E-state index in [0.29, 0.717) is 29.4 Å². The smallest absolute Gasteiger partial charge is 0.256 e. The maximum atomic E-state index is 14.2. The quantitative estimate of drug-likeness (QED) is 0.113. The summed E-state index contributed by atoms with van der Waals surface area (Å²) in [5.41, 5.74) is 4.78. The van der Waals surface area contributed by atoms with Gasteiger partial charge in [-0.25, -0.2) is 4.39 Å². The van der Waals surface area contributed by atoms with E-state index < -0.39 is 23.9 Å². The lowest BCUT2D eigenvalue weighted by Gasteiger charge is -2.31. The minimum atomic E-state index is -1.08. The number of ether oxygens (including phenoxy) is 1. The predicted octanol–water partition coefficient (Wildman–Crippen LogP) is 8.17. The van der Waals surface area contributed by atoms with Gasteiger partial charge in [-0.3, -0.25) is 9.59 Å². The summed E-state index contributed by atoms with van der Waals surface area (Å²) in [5, 5.41) is 10.3. The highest BCUT2D eigenvalue weighted by Crippen LogP contribution is 2.41. The molecule has 0 bridgehead atoms. The van der Waals surface area contributed by atoms with Crippen molar-refractivity contribution in [2.75, 3.05) is 24.5 Å². The van der Waals surface area contributed by atoms with Crippen molar-refractivity contribution >= 4 is 53.9 Å². The molecule has 3 N–H and O–H groups in total. The molecule has 1 aliphatic heterocycles. The molecule has 0 radical (unpaired) electrons. The number of halogens is 4. The van der Waals surface area contributed by atoms with Crippen molar-refractivity contribution in [1.82, 2.24) is 16.0 Å². The first kappa shape index (κ1) is 41.9. The minimum Gasteiger partial charge on any atom is -0.355 e. The largest absolute Gasteiger partial charge is 0.355 e. The zero-order valence-electron chi connectivity index (χ0n) is 29.3. The van der Waals surface area contributed by atoms with Crippen LogP contribution in [0.4, 0.5) is 10.1 Å². The fourth-order valence-corrected chi connectivity index (χ4v) is 6.12. The molecule has 4 aromatic rings. The summed E-state index contributed by atoms with van der Waals surface area (Å²) in [4.78, 5) is 29.2. The van der Waals surface area contributed by atoms with Crippen LogP contribution in [0.15, 0.2) is 97.1 Å². The van der Waals surface area contributed by atoms with E-state index in [0.717, 1.165) is 42.7 Å². The number of amides is 2. The van der Waals surface area contributed by atoms with Crippen LogP contribution in [-0.4, -0.2) is 37.6 Å². The van der Waals surface area contributed by atoms with E-state index in [1.165, 1.54) is 11.6 Å². The van der Waals surface area contributed by atoms with E-state index in [-0.39, 0.29) is 49.1 Å². The maximum absolute atomic E-state index is 14.2. The number of rotatable bonds is 14. The number of anilines is 1. The molecule has 11 heteroatoms. The van der Waals surface area contributed by atoms with Crippen LogP contribution in [-0.2, 0) is 34.0 Å². The highest BCUT2D eigenvalue weighted by atomic mass is 35.5. The third-order valence-corrected chi connectivity index (χ3v) is 8.54. The van der Waals surface area contributed by atoms with Gasteiger partial charge in [-0.05, 0) is 65.9 Å². The van der Waals surface area contributed by atoms with Crippen molar-refractivity contribution in [3.8, 4) is 0 Å². The number of carbonyl (C=O) groups is 2. The maximum Gasteiger partial charge on any atom is 0.256 e. The summed E-state index contributed by atoms with van der Waals surface area (Å²) in [6, 6.07) is 30.2. The first-order chi connectivity index (χ1) is 23.6. The van der Waals surface area contributed by atoms with Gasteiger partial charge in [0.15, 0.2) is 0 Å². The Morgan fingerprint density at radius 3 is 2.22 bits per heavy atom. The Morgan fingerprint density at radius 2 is 1.51 bits per heavy atom. The lowest BCUT2D eigenvalue weighted by Crippen LogP contribution is -2.45. The van der Waals surface area contributed by atoms with Crippen molar-refractivity contribution in [1.29, 1.82) is 0 Å². The van der Waals surface area contributed by atoms with Crippen LogP contribution < -0.4 is 20.9 Å². The number of hydrogen-bond donors (Lipinski definition) is 3. The number of nitrogens with one attached hydrogen (secondary N) is 3. The molecule has 2 unspecified atom stereocenters. The van der Waals surface area contributed by atoms with Gasteiger partial charge >= 0.3 is 0 Å². The van der Waals surface area contributed by atoms with Crippen LogP contribution in [0, 0.1) is 11.2 Å². The van der Waals surface area contributed by atoms with Gasteiger partial charge < -0.3 is 25.6 Å². The Morgan fingerprint density at radius 1 is 0.843 bits per heavy atom. The summed E-state index contributed by atoms with van der Waals surface area (Å²) >= 11 is 6.55. The van der Waals surface area contributed by atoms with Gasteiger partial charge in [0.2, 0.25) is 5.91 Å². The Kier molecular flexibility index (Phi) is 16.4. The van der Waals surface area contributed by atoms with Gasteiger partial charge in [0, 0.05) is 48.0 Å². The molecule has 7 nitrogen and oxygen atoms in total. The van der Waals surface area contributed by atoms with Crippen LogP contribution in [0.5, 0.6) is 0 Å². The van der Waals surface area contributed by atoms with Gasteiger partial charge in [0.1, 0.15) is 18.0 Å². The third kappa shape index (κ3) is 12.3. The van der Waals surface area contributed by atoms with Crippen LogP contribution in [0.2, 0.25) is 5.02 Å². The standard InChI is InChI=1S/C40H46ClFN4O3.2ClH/c1-40(2,3)27-46-35-18-17-32(41)22-33(35)38(49-36(39(46)48)23-37(47)45-26-31-14-7-8-16-34(31)42)30-15-9-13-29(21-30)25-44-20-10-19-43-24-28-11-5-4-6-12-28;;/h4-9,11-18,21-22,36,38,43-44H,10,19-20,23-27H2,1-3H3,(H,45,47);2*1H. The van der Waals surface area contributed by atoms with Crippen LogP contribution >= 0.6 is 36.4 Å². The summed E-state index contributed by atoms with van der Waals surface area (Å²) < 4.78 is 20.9. The molecule has 2 amide bonds. The Labute approximate surface area is 318 Å². The van der Waals surface area contributed by atoms with Crippen LogP contribution in [0.25, 0.3) is 0 Å². The second kappa shape index (κ2) is 19.9.